The SMILES string of the molecule is CCOC(=O)c1c(NC(=S)NC(=O)c2cnn(CC)c2)sc2c1CC[C@@H](C)C2. The number of thiophene rings is 1. The van der Waals surface area contributed by atoms with E-state index in [0.717, 1.165) is 24.8 Å². The Morgan fingerprint density at radius 1 is 1.43 bits per heavy atom. The third kappa shape index (κ3) is 4.41. The number of rotatable bonds is 5. The predicted octanol–water partition coefficient (Wildman–Crippen LogP) is 3.39. The Kier molecular flexibility index (Phi) is 6.46. The van der Waals surface area contributed by atoms with Gasteiger partial charge >= 0.3 is 5.97 Å². The molecule has 2 N–H and O–H groups in total. The quantitative estimate of drug-likeness (QED) is 0.570. The molecular formula is C19H24N4O3S2. The zero-order chi connectivity index (χ0) is 20.3. The molecule has 1 amide bonds. The van der Waals surface area contributed by atoms with Gasteiger partial charge in [-0.15, -0.1) is 11.3 Å². The molecule has 0 fully saturated rings. The number of hydrogen-bond acceptors (Lipinski definition) is 6. The lowest BCUT2D eigenvalue weighted by Gasteiger charge is -2.18. The lowest BCUT2D eigenvalue weighted by molar-refractivity contribution is 0.0526. The smallest absolute Gasteiger partial charge is 0.341 e. The van der Waals surface area contributed by atoms with E-state index in [4.69, 9.17) is 17.0 Å². The first kappa shape index (κ1) is 20.5. The summed E-state index contributed by atoms with van der Waals surface area (Å²) >= 11 is 6.82. The number of thiocarbonyl (C=S) groups is 1. The van der Waals surface area contributed by atoms with Crippen LogP contribution in [0.3, 0.4) is 0 Å². The molecule has 9 heteroatoms. The molecule has 150 valence electrons. The molecule has 7 nitrogen and oxygen atoms in total. The fourth-order valence-electron chi connectivity index (χ4n) is 3.22. The van der Waals surface area contributed by atoms with Crippen LogP contribution in [0.5, 0.6) is 0 Å². The third-order valence-electron chi connectivity index (χ3n) is 4.66. The van der Waals surface area contributed by atoms with E-state index in [1.807, 2.05) is 6.92 Å². The van der Waals surface area contributed by atoms with Gasteiger partial charge in [-0.1, -0.05) is 6.92 Å². The van der Waals surface area contributed by atoms with Crippen LogP contribution in [0.2, 0.25) is 0 Å². The molecule has 0 radical (unpaired) electrons. The standard InChI is InChI=1S/C19H24N4O3S2/c1-4-23-10-12(9-20-23)16(24)21-19(27)22-17-15(18(25)26-5-2)13-7-6-11(3)8-14(13)28-17/h9-11H,4-8H2,1-3H3,(H2,21,22,24,27)/t11-/m1/s1. The Bertz CT molecular complexity index is 903. The average Bonchev–Trinajstić information content (AvgIpc) is 3.25. The fourth-order valence-corrected chi connectivity index (χ4v) is 4.88. The number of ether oxygens (including phenoxy) is 1. The number of aromatic nitrogens is 2. The summed E-state index contributed by atoms with van der Waals surface area (Å²) in [6.45, 7) is 6.92. The zero-order valence-corrected chi connectivity index (χ0v) is 17.8. The van der Waals surface area contributed by atoms with Crippen molar-refractivity contribution in [1.29, 1.82) is 0 Å². The van der Waals surface area contributed by atoms with Crippen molar-refractivity contribution < 1.29 is 14.3 Å². The predicted molar refractivity (Wildman–Crippen MR) is 113 cm³/mol. The minimum atomic E-state index is -0.351. The molecule has 2 aromatic rings. The zero-order valence-electron chi connectivity index (χ0n) is 16.2. The number of carbonyl (C=O) groups is 2. The third-order valence-corrected chi connectivity index (χ3v) is 6.04. The van der Waals surface area contributed by atoms with Gasteiger partial charge in [-0.3, -0.25) is 14.8 Å². The Labute approximate surface area is 173 Å². The Balaban J connectivity index is 1.77. The number of esters is 1. The Morgan fingerprint density at radius 2 is 2.21 bits per heavy atom. The van der Waals surface area contributed by atoms with Crippen LogP contribution in [0.1, 0.15) is 58.3 Å². The highest BCUT2D eigenvalue weighted by Crippen LogP contribution is 2.40. The Hall–Kier alpha value is -2.26. The first-order chi connectivity index (χ1) is 13.4. The first-order valence-electron chi connectivity index (χ1n) is 9.39. The lowest BCUT2D eigenvalue weighted by Crippen LogP contribution is -2.34. The van der Waals surface area contributed by atoms with E-state index in [9.17, 15) is 9.59 Å². The summed E-state index contributed by atoms with van der Waals surface area (Å²) in [5.41, 5.74) is 2.02. The van der Waals surface area contributed by atoms with Gasteiger partial charge in [0.05, 0.1) is 23.9 Å². The molecule has 2 heterocycles. The second-order valence-electron chi connectivity index (χ2n) is 6.77. The molecule has 1 atom stereocenters. The average molecular weight is 421 g/mol. The molecule has 3 rings (SSSR count). The molecule has 0 saturated carbocycles. The van der Waals surface area contributed by atoms with Gasteiger partial charge < -0.3 is 10.1 Å². The van der Waals surface area contributed by atoms with Crippen LogP contribution in [-0.2, 0) is 24.1 Å². The maximum atomic E-state index is 12.5. The minimum Gasteiger partial charge on any atom is -0.462 e. The number of aryl methyl sites for hydroxylation is 1. The van der Waals surface area contributed by atoms with Crippen LogP contribution in [0, 0.1) is 5.92 Å². The van der Waals surface area contributed by atoms with Crippen molar-refractivity contribution in [2.24, 2.45) is 5.92 Å². The second kappa shape index (κ2) is 8.83. The monoisotopic (exact) mass is 420 g/mol. The second-order valence-corrected chi connectivity index (χ2v) is 8.28. The highest BCUT2D eigenvalue weighted by Gasteiger charge is 2.29. The molecule has 0 bridgehead atoms. The number of nitrogens with zero attached hydrogens (tertiary/aromatic N) is 2. The van der Waals surface area contributed by atoms with Crippen molar-refractivity contribution in [3.8, 4) is 0 Å². The number of fused-ring (bicyclic) bond motifs is 1. The normalized spacial score (nSPS) is 15.6. The molecule has 0 saturated heterocycles. The van der Waals surface area contributed by atoms with Crippen molar-refractivity contribution in [3.05, 3.63) is 34.0 Å². The van der Waals surface area contributed by atoms with Gasteiger partial charge in [-0.2, -0.15) is 5.10 Å². The van der Waals surface area contributed by atoms with Crippen LogP contribution in [-0.4, -0.2) is 33.4 Å². The van der Waals surface area contributed by atoms with Gasteiger partial charge in [0.2, 0.25) is 0 Å². The van der Waals surface area contributed by atoms with Crippen LogP contribution in [0.4, 0.5) is 5.00 Å². The van der Waals surface area contributed by atoms with Gasteiger partial charge in [0.15, 0.2) is 5.11 Å². The van der Waals surface area contributed by atoms with Crippen LogP contribution < -0.4 is 10.6 Å². The van der Waals surface area contributed by atoms with Gasteiger partial charge in [0.25, 0.3) is 5.91 Å². The Morgan fingerprint density at radius 3 is 2.89 bits per heavy atom. The van der Waals surface area contributed by atoms with Gasteiger partial charge in [0, 0.05) is 17.6 Å². The molecular weight excluding hydrogens is 396 g/mol. The largest absolute Gasteiger partial charge is 0.462 e. The molecule has 28 heavy (non-hydrogen) atoms. The highest BCUT2D eigenvalue weighted by atomic mass is 32.1. The number of amides is 1. The van der Waals surface area contributed by atoms with E-state index in [1.54, 1.807) is 17.8 Å². The molecule has 0 aromatic carbocycles. The van der Waals surface area contributed by atoms with Crippen molar-refractivity contribution in [3.63, 3.8) is 0 Å². The molecule has 2 aromatic heterocycles. The molecule has 1 aliphatic rings. The summed E-state index contributed by atoms with van der Waals surface area (Å²) in [6, 6.07) is 0. The number of anilines is 1. The molecule has 0 spiro atoms. The van der Waals surface area contributed by atoms with E-state index < -0.39 is 0 Å². The fraction of sp³-hybridized carbons (Fsp3) is 0.474. The van der Waals surface area contributed by atoms with E-state index in [2.05, 4.69) is 22.7 Å². The summed E-state index contributed by atoms with van der Waals surface area (Å²) in [7, 11) is 0. The molecule has 1 aliphatic carbocycles. The topological polar surface area (TPSA) is 85.2 Å². The van der Waals surface area contributed by atoms with Crippen molar-refractivity contribution in [2.75, 3.05) is 11.9 Å². The first-order valence-corrected chi connectivity index (χ1v) is 10.6. The summed E-state index contributed by atoms with van der Waals surface area (Å²) < 4.78 is 6.92. The summed E-state index contributed by atoms with van der Waals surface area (Å²) in [5, 5.41) is 10.6. The summed E-state index contributed by atoms with van der Waals surface area (Å²) in [6.07, 6.45) is 5.98. The molecule has 0 aliphatic heterocycles. The van der Waals surface area contributed by atoms with Crippen LogP contribution in [0.25, 0.3) is 0 Å². The van der Waals surface area contributed by atoms with Crippen LogP contribution in [0.15, 0.2) is 12.4 Å². The highest BCUT2D eigenvalue weighted by molar-refractivity contribution is 7.80. The van der Waals surface area contributed by atoms with Crippen molar-refractivity contribution in [2.45, 2.75) is 46.6 Å². The maximum absolute atomic E-state index is 12.5. The van der Waals surface area contributed by atoms with Crippen molar-refractivity contribution in [1.82, 2.24) is 15.1 Å². The van der Waals surface area contributed by atoms with Gasteiger partial charge in [-0.25, -0.2) is 4.79 Å². The number of hydrogen-bond donors (Lipinski definition) is 2. The minimum absolute atomic E-state index is 0.145. The van der Waals surface area contributed by atoms with E-state index in [1.165, 1.54) is 22.4 Å². The lowest BCUT2D eigenvalue weighted by atomic mass is 9.88. The van der Waals surface area contributed by atoms with Crippen LogP contribution >= 0.6 is 23.6 Å². The van der Waals surface area contributed by atoms with E-state index >= 15 is 0 Å². The molecule has 0 unspecified atom stereocenters. The van der Waals surface area contributed by atoms with Gasteiger partial charge in [-0.05, 0) is 56.8 Å². The van der Waals surface area contributed by atoms with E-state index in [0.29, 0.717) is 35.2 Å². The number of carbonyl (C=O) groups excluding carboxylic acids is 2. The summed E-state index contributed by atoms with van der Waals surface area (Å²) in [5.74, 6) is -0.115. The van der Waals surface area contributed by atoms with Gasteiger partial charge in [0.1, 0.15) is 5.00 Å². The maximum Gasteiger partial charge on any atom is 0.341 e. The van der Waals surface area contributed by atoms with E-state index in [-0.39, 0.29) is 17.0 Å². The van der Waals surface area contributed by atoms with Crippen molar-refractivity contribution >= 4 is 45.5 Å². The summed E-state index contributed by atoms with van der Waals surface area (Å²) in [4.78, 5) is 26.1. The number of nitrogens with one attached hydrogen (secondary N) is 2.